The molecule has 122 valence electrons. The van der Waals surface area contributed by atoms with Gasteiger partial charge in [-0.3, -0.25) is 14.8 Å². The molecule has 0 aliphatic carbocycles. The molecule has 1 amide bonds. The van der Waals surface area contributed by atoms with E-state index in [0.29, 0.717) is 12.5 Å². The third-order valence-electron chi connectivity index (χ3n) is 4.98. The first-order valence-electron chi connectivity index (χ1n) is 8.34. The topological polar surface area (TPSA) is 52.2 Å². The molecule has 23 heavy (non-hydrogen) atoms. The summed E-state index contributed by atoms with van der Waals surface area (Å²) in [6.45, 7) is 4.17. The Kier molecular flexibility index (Phi) is 4.18. The van der Waals surface area contributed by atoms with E-state index in [0.717, 1.165) is 51.1 Å². The molecule has 0 unspecified atom stereocenters. The SMILES string of the molecule is O=C(CN1CCc2sccc2C1)N1CCC[C@H](c2ccn[nH]2)C1. The van der Waals surface area contributed by atoms with Crippen LogP contribution in [-0.2, 0) is 17.8 Å². The summed E-state index contributed by atoms with van der Waals surface area (Å²) in [5.74, 6) is 0.674. The molecular weight excluding hydrogens is 308 g/mol. The monoisotopic (exact) mass is 330 g/mol. The summed E-state index contributed by atoms with van der Waals surface area (Å²) in [4.78, 5) is 18.5. The number of aromatic amines is 1. The van der Waals surface area contributed by atoms with Crippen molar-refractivity contribution >= 4 is 17.2 Å². The van der Waals surface area contributed by atoms with E-state index in [9.17, 15) is 4.79 Å². The summed E-state index contributed by atoms with van der Waals surface area (Å²) in [6.07, 6.45) is 5.08. The zero-order valence-corrected chi connectivity index (χ0v) is 14.0. The van der Waals surface area contributed by atoms with Crippen LogP contribution in [0.4, 0.5) is 0 Å². The zero-order valence-electron chi connectivity index (χ0n) is 13.2. The van der Waals surface area contributed by atoms with E-state index in [-0.39, 0.29) is 5.91 Å². The molecule has 5 nitrogen and oxygen atoms in total. The number of thiophene rings is 1. The van der Waals surface area contributed by atoms with Crippen LogP contribution in [0.5, 0.6) is 0 Å². The van der Waals surface area contributed by atoms with Crippen LogP contribution in [0.15, 0.2) is 23.7 Å². The number of likely N-dealkylation sites (tertiary alicyclic amines) is 1. The molecule has 0 saturated carbocycles. The lowest BCUT2D eigenvalue weighted by Gasteiger charge is -2.34. The van der Waals surface area contributed by atoms with Crippen LogP contribution in [0.2, 0.25) is 0 Å². The third-order valence-corrected chi connectivity index (χ3v) is 6.00. The number of H-pyrrole nitrogens is 1. The van der Waals surface area contributed by atoms with Crippen LogP contribution in [0.25, 0.3) is 0 Å². The largest absolute Gasteiger partial charge is 0.341 e. The van der Waals surface area contributed by atoms with Gasteiger partial charge in [-0.1, -0.05) is 0 Å². The first-order valence-corrected chi connectivity index (χ1v) is 9.22. The van der Waals surface area contributed by atoms with Crippen molar-refractivity contribution in [3.63, 3.8) is 0 Å². The number of fused-ring (bicyclic) bond motifs is 1. The number of carbonyl (C=O) groups excluding carboxylic acids is 1. The van der Waals surface area contributed by atoms with Gasteiger partial charge in [-0.15, -0.1) is 11.3 Å². The fraction of sp³-hybridized carbons (Fsp3) is 0.529. The molecule has 0 bridgehead atoms. The van der Waals surface area contributed by atoms with Gasteiger partial charge in [0.25, 0.3) is 0 Å². The Morgan fingerprint density at radius 3 is 3.22 bits per heavy atom. The number of carbonyl (C=O) groups is 1. The highest BCUT2D eigenvalue weighted by Gasteiger charge is 2.27. The van der Waals surface area contributed by atoms with E-state index in [1.807, 2.05) is 22.3 Å². The van der Waals surface area contributed by atoms with Crippen molar-refractivity contribution in [3.8, 4) is 0 Å². The van der Waals surface area contributed by atoms with Crippen molar-refractivity contribution in [3.05, 3.63) is 39.8 Å². The maximum Gasteiger partial charge on any atom is 0.236 e. The lowest BCUT2D eigenvalue weighted by molar-refractivity contribution is -0.133. The molecule has 4 heterocycles. The van der Waals surface area contributed by atoms with Gasteiger partial charge in [0, 0.05) is 48.9 Å². The second-order valence-corrected chi connectivity index (χ2v) is 7.52. The molecular formula is C17H22N4OS. The number of nitrogens with one attached hydrogen (secondary N) is 1. The number of piperidine rings is 1. The molecule has 0 spiro atoms. The average Bonchev–Trinajstić information content (AvgIpc) is 3.26. The third kappa shape index (κ3) is 3.19. The number of hydrogen-bond donors (Lipinski definition) is 1. The molecule has 6 heteroatoms. The van der Waals surface area contributed by atoms with Crippen LogP contribution in [0, 0.1) is 0 Å². The van der Waals surface area contributed by atoms with Crippen LogP contribution in [-0.4, -0.2) is 52.1 Å². The van der Waals surface area contributed by atoms with Gasteiger partial charge in [-0.2, -0.15) is 5.10 Å². The summed E-state index contributed by atoms with van der Waals surface area (Å²) in [6, 6.07) is 4.23. The number of aromatic nitrogens is 2. The van der Waals surface area contributed by atoms with E-state index in [4.69, 9.17) is 0 Å². The van der Waals surface area contributed by atoms with Gasteiger partial charge in [0.05, 0.1) is 6.54 Å². The lowest BCUT2D eigenvalue weighted by atomic mass is 9.95. The Bertz CT molecular complexity index is 666. The second kappa shape index (κ2) is 6.45. The number of nitrogens with zero attached hydrogens (tertiary/aromatic N) is 3. The quantitative estimate of drug-likeness (QED) is 0.939. The number of hydrogen-bond acceptors (Lipinski definition) is 4. The maximum absolute atomic E-state index is 12.7. The van der Waals surface area contributed by atoms with Crippen LogP contribution >= 0.6 is 11.3 Å². The van der Waals surface area contributed by atoms with Gasteiger partial charge >= 0.3 is 0 Å². The van der Waals surface area contributed by atoms with Crippen LogP contribution in [0.1, 0.15) is 34.9 Å². The van der Waals surface area contributed by atoms with Crippen molar-refractivity contribution in [2.75, 3.05) is 26.2 Å². The lowest BCUT2D eigenvalue weighted by Crippen LogP contribution is -2.45. The molecule has 1 fully saturated rings. The van der Waals surface area contributed by atoms with Crippen molar-refractivity contribution in [1.29, 1.82) is 0 Å². The highest BCUT2D eigenvalue weighted by molar-refractivity contribution is 7.10. The first-order chi connectivity index (χ1) is 11.3. The van der Waals surface area contributed by atoms with E-state index >= 15 is 0 Å². The fourth-order valence-electron chi connectivity index (χ4n) is 3.68. The van der Waals surface area contributed by atoms with Crippen molar-refractivity contribution in [2.45, 2.75) is 31.7 Å². The first kappa shape index (κ1) is 14.9. The minimum atomic E-state index is 0.271. The molecule has 2 aliphatic heterocycles. The zero-order chi connectivity index (χ0) is 15.6. The molecule has 2 aromatic heterocycles. The van der Waals surface area contributed by atoms with E-state index < -0.39 is 0 Å². The van der Waals surface area contributed by atoms with E-state index in [1.165, 1.54) is 10.4 Å². The standard InChI is InChI=1S/C17H22N4OS/c22-17(12-20-8-4-16-14(10-20)5-9-23-16)21-7-1-2-13(11-21)15-3-6-18-19-15/h3,5-6,9,13H,1-2,4,7-8,10-12H2,(H,18,19)/t13-/m0/s1. The molecule has 2 aliphatic rings. The molecule has 1 N–H and O–H groups in total. The van der Waals surface area contributed by atoms with Crippen LogP contribution < -0.4 is 0 Å². The molecule has 1 saturated heterocycles. The Labute approximate surface area is 140 Å². The van der Waals surface area contributed by atoms with Crippen LogP contribution in [0.3, 0.4) is 0 Å². The summed E-state index contributed by atoms with van der Waals surface area (Å²) >= 11 is 1.84. The second-order valence-electron chi connectivity index (χ2n) is 6.52. The maximum atomic E-state index is 12.7. The van der Waals surface area contributed by atoms with E-state index in [1.54, 1.807) is 6.20 Å². The summed E-state index contributed by atoms with van der Waals surface area (Å²) in [5, 5.41) is 9.26. The summed E-state index contributed by atoms with van der Waals surface area (Å²) < 4.78 is 0. The van der Waals surface area contributed by atoms with Gasteiger partial charge in [0.15, 0.2) is 0 Å². The van der Waals surface area contributed by atoms with Gasteiger partial charge in [0.2, 0.25) is 5.91 Å². The Hall–Kier alpha value is -1.66. The Morgan fingerprint density at radius 2 is 2.35 bits per heavy atom. The predicted molar refractivity (Wildman–Crippen MR) is 90.4 cm³/mol. The fourth-order valence-corrected chi connectivity index (χ4v) is 4.57. The highest BCUT2D eigenvalue weighted by atomic mass is 32.1. The van der Waals surface area contributed by atoms with Crippen molar-refractivity contribution in [2.24, 2.45) is 0 Å². The minimum Gasteiger partial charge on any atom is -0.341 e. The van der Waals surface area contributed by atoms with Gasteiger partial charge in [-0.25, -0.2) is 0 Å². The van der Waals surface area contributed by atoms with Gasteiger partial charge in [-0.05, 0) is 42.3 Å². The molecule has 0 aromatic carbocycles. The molecule has 0 radical (unpaired) electrons. The smallest absolute Gasteiger partial charge is 0.236 e. The Morgan fingerprint density at radius 1 is 1.39 bits per heavy atom. The van der Waals surface area contributed by atoms with Gasteiger partial charge in [0.1, 0.15) is 0 Å². The average molecular weight is 330 g/mol. The number of rotatable bonds is 3. The predicted octanol–water partition coefficient (Wildman–Crippen LogP) is 2.24. The Balaban J connectivity index is 1.36. The highest BCUT2D eigenvalue weighted by Crippen LogP contribution is 2.26. The van der Waals surface area contributed by atoms with Crippen molar-refractivity contribution in [1.82, 2.24) is 20.0 Å². The molecule has 1 atom stereocenters. The summed E-state index contributed by atoms with van der Waals surface area (Å²) in [5.41, 5.74) is 2.56. The minimum absolute atomic E-state index is 0.271. The molecule has 2 aromatic rings. The number of amides is 1. The normalized spacial score (nSPS) is 22.1. The molecule has 4 rings (SSSR count). The van der Waals surface area contributed by atoms with Gasteiger partial charge < -0.3 is 4.90 Å². The van der Waals surface area contributed by atoms with Crippen molar-refractivity contribution < 1.29 is 4.79 Å². The van der Waals surface area contributed by atoms with E-state index in [2.05, 4.69) is 26.5 Å². The summed E-state index contributed by atoms with van der Waals surface area (Å²) in [7, 11) is 0.